The van der Waals surface area contributed by atoms with Gasteiger partial charge in [-0.1, -0.05) is 30.3 Å². The van der Waals surface area contributed by atoms with Gasteiger partial charge in [0.05, 0.1) is 6.61 Å². The summed E-state index contributed by atoms with van der Waals surface area (Å²) in [7, 11) is 0. The van der Waals surface area contributed by atoms with E-state index >= 15 is 0 Å². The summed E-state index contributed by atoms with van der Waals surface area (Å²) in [4.78, 5) is 22.4. The summed E-state index contributed by atoms with van der Waals surface area (Å²) < 4.78 is 0. The molecule has 0 fully saturated rings. The van der Waals surface area contributed by atoms with Gasteiger partial charge in [-0.05, 0) is 5.56 Å². The molecule has 0 spiro atoms. The summed E-state index contributed by atoms with van der Waals surface area (Å²) in [6.45, 7) is -0.585. The van der Waals surface area contributed by atoms with E-state index in [-0.39, 0.29) is 19.7 Å². The van der Waals surface area contributed by atoms with Crippen LogP contribution in [0.4, 0.5) is 0 Å². The Hall–Kier alpha value is -1.95. The molecule has 0 saturated heterocycles. The van der Waals surface area contributed by atoms with E-state index in [1.165, 1.54) is 4.90 Å². The minimum absolute atomic E-state index is 0.0988. The van der Waals surface area contributed by atoms with Crippen molar-refractivity contribution in [2.75, 3.05) is 19.7 Å². The average molecular weight is 238 g/mol. The Morgan fingerprint density at radius 1 is 1.35 bits per heavy atom. The Morgan fingerprint density at radius 2 is 2.00 bits per heavy atom. The van der Waals surface area contributed by atoms with Crippen LogP contribution >= 0.6 is 0 Å². The second kappa shape index (κ2) is 6.59. The Kier molecular flexibility index (Phi) is 5.09. The number of amides is 1. The molecule has 6 heteroatoms. The molecule has 1 amide bonds. The van der Waals surface area contributed by atoms with E-state index in [9.17, 15) is 14.9 Å². The molecule has 0 aliphatic rings. The lowest BCUT2D eigenvalue weighted by molar-refractivity contribution is -0.468. The lowest BCUT2D eigenvalue weighted by atomic mass is 10.2. The quantitative estimate of drug-likeness (QED) is 0.570. The fraction of sp³-hybridized carbons (Fsp3) is 0.364. The first-order valence-electron chi connectivity index (χ1n) is 5.18. The third-order valence-electron chi connectivity index (χ3n) is 2.20. The van der Waals surface area contributed by atoms with Crippen LogP contribution in [0, 0.1) is 10.1 Å². The smallest absolute Gasteiger partial charge is 0.294 e. The molecule has 0 unspecified atom stereocenters. The number of hydrogen-bond acceptors (Lipinski definition) is 4. The van der Waals surface area contributed by atoms with Crippen molar-refractivity contribution < 1.29 is 14.8 Å². The van der Waals surface area contributed by atoms with Crippen LogP contribution in [-0.4, -0.2) is 40.5 Å². The zero-order valence-corrected chi connectivity index (χ0v) is 9.28. The minimum atomic E-state index is -0.743. The van der Waals surface area contributed by atoms with E-state index in [2.05, 4.69) is 0 Å². The van der Waals surface area contributed by atoms with E-state index in [0.717, 1.165) is 5.56 Å². The highest BCUT2D eigenvalue weighted by Gasteiger charge is 2.18. The molecular weight excluding hydrogens is 224 g/mol. The molecule has 0 atom stereocenters. The van der Waals surface area contributed by atoms with Crippen LogP contribution in [0.3, 0.4) is 0 Å². The van der Waals surface area contributed by atoms with Crippen molar-refractivity contribution in [1.29, 1.82) is 0 Å². The lowest BCUT2D eigenvalue weighted by Crippen LogP contribution is -2.37. The lowest BCUT2D eigenvalue weighted by Gasteiger charge is -2.19. The van der Waals surface area contributed by atoms with Crippen LogP contribution in [0.2, 0.25) is 0 Å². The fourth-order valence-corrected chi connectivity index (χ4v) is 1.43. The predicted molar refractivity (Wildman–Crippen MR) is 60.8 cm³/mol. The highest BCUT2D eigenvalue weighted by atomic mass is 16.6. The maximum Gasteiger partial charge on any atom is 0.294 e. The van der Waals surface area contributed by atoms with Crippen LogP contribution in [0.25, 0.3) is 0 Å². The zero-order valence-electron chi connectivity index (χ0n) is 9.28. The van der Waals surface area contributed by atoms with Gasteiger partial charge in [-0.2, -0.15) is 0 Å². The van der Waals surface area contributed by atoms with Gasteiger partial charge in [0.25, 0.3) is 12.5 Å². The van der Waals surface area contributed by atoms with Gasteiger partial charge in [0.2, 0.25) is 0 Å². The molecule has 0 saturated carbocycles. The van der Waals surface area contributed by atoms with Crippen molar-refractivity contribution >= 4 is 5.91 Å². The number of carbonyl (C=O) groups excluding carboxylic acids is 1. The number of carbonyl (C=O) groups is 1. The molecule has 0 heterocycles. The Morgan fingerprint density at radius 3 is 2.53 bits per heavy atom. The largest absolute Gasteiger partial charge is 0.395 e. The molecule has 1 aromatic carbocycles. The SMILES string of the molecule is O=C(C[N+](=O)[O-])N(CCO)Cc1ccccc1. The molecule has 17 heavy (non-hydrogen) atoms. The van der Waals surface area contributed by atoms with E-state index in [1.807, 2.05) is 30.3 Å². The van der Waals surface area contributed by atoms with E-state index in [4.69, 9.17) is 5.11 Å². The van der Waals surface area contributed by atoms with Crippen molar-refractivity contribution in [1.82, 2.24) is 4.90 Å². The van der Waals surface area contributed by atoms with Crippen LogP contribution in [0.15, 0.2) is 30.3 Å². The Bertz CT molecular complexity index is 380. The third-order valence-corrected chi connectivity index (χ3v) is 2.20. The summed E-state index contributed by atoms with van der Waals surface area (Å²) >= 11 is 0. The van der Waals surface area contributed by atoms with Crippen molar-refractivity contribution in [3.63, 3.8) is 0 Å². The van der Waals surface area contributed by atoms with Crippen molar-refractivity contribution in [2.45, 2.75) is 6.54 Å². The Balaban J connectivity index is 2.66. The number of aliphatic hydroxyl groups excluding tert-OH is 1. The number of aliphatic hydroxyl groups is 1. The van der Waals surface area contributed by atoms with Gasteiger partial charge in [0.1, 0.15) is 0 Å². The van der Waals surface area contributed by atoms with Gasteiger partial charge in [0, 0.05) is 18.0 Å². The molecule has 6 nitrogen and oxygen atoms in total. The molecule has 0 aromatic heterocycles. The first kappa shape index (κ1) is 13.1. The molecular formula is C11H14N2O4. The monoisotopic (exact) mass is 238 g/mol. The van der Waals surface area contributed by atoms with Crippen LogP contribution in [0.1, 0.15) is 5.56 Å². The van der Waals surface area contributed by atoms with Gasteiger partial charge < -0.3 is 10.0 Å². The molecule has 0 aliphatic carbocycles. The van der Waals surface area contributed by atoms with Gasteiger partial charge in [0.15, 0.2) is 0 Å². The third kappa shape index (κ3) is 4.60. The molecule has 0 aliphatic heterocycles. The number of rotatable bonds is 6. The predicted octanol–water partition coefficient (Wildman–Crippen LogP) is 0.284. The maximum absolute atomic E-state index is 11.5. The minimum Gasteiger partial charge on any atom is -0.395 e. The first-order valence-corrected chi connectivity index (χ1v) is 5.18. The highest BCUT2D eigenvalue weighted by Crippen LogP contribution is 2.04. The van der Waals surface area contributed by atoms with Crippen LogP contribution < -0.4 is 0 Å². The topological polar surface area (TPSA) is 83.7 Å². The molecule has 1 aromatic rings. The zero-order chi connectivity index (χ0) is 12.7. The molecule has 1 N–H and O–H groups in total. The van der Waals surface area contributed by atoms with Crippen LogP contribution in [-0.2, 0) is 11.3 Å². The second-order valence-electron chi connectivity index (χ2n) is 3.52. The molecule has 92 valence electrons. The summed E-state index contributed by atoms with van der Waals surface area (Å²) in [5, 5.41) is 19.1. The molecule has 0 radical (unpaired) electrons. The van der Waals surface area contributed by atoms with Gasteiger partial charge in [-0.25, -0.2) is 0 Å². The number of hydrogen-bond donors (Lipinski definition) is 1. The normalized spacial score (nSPS) is 9.94. The maximum atomic E-state index is 11.5. The molecule has 0 bridgehead atoms. The van der Waals surface area contributed by atoms with Crippen LogP contribution in [0.5, 0.6) is 0 Å². The van der Waals surface area contributed by atoms with E-state index < -0.39 is 17.4 Å². The van der Waals surface area contributed by atoms with E-state index in [0.29, 0.717) is 0 Å². The van der Waals surface area contributed by atoms with Gasteiger partial charge in [-0.3, -0.25) is 14.9 Å². The molecule has 1 rings (SSSR count). The van der Waals surface area contributed by atoms with Crippen molar-refractivity contribution in [2.24, 2.45) is 0 Å². The van der Waals surface area contributed by atoms with Gasteiger partial charge >= 0.3 is 0 Å². The number of nitrogens with zero attached hydrogens (tertiary/aromatic N) is 2. The first-order chi connectivity index (χ1) is 8.13. The van der Waals surface area contributed by atoms with Crippen molar-refractivity contribution in [3.8, 4) is 0 Å². The van der Waals surface area contributed by atoms with Crippen molar-refractivity contribution in [3.05, 3.63) is 46.0 Å². The van der Waals surface area contributed by atoms with Gasteiger partial charge in [-0.15, -0.1) is 0 Å². The summed E-state index contributed by atoms with van der Waals surface area (Å²) in [5.41, 5.74) is 0.873. The van der Waals surface area contributed by atoms with E-state index in [1.54, 1.807) is 0 Å². The Labute approximate surface area is 98.6 Å². The highest BCUT2D eigenvalue weighted by molar-refractivity contribution is 5.77. The second-order valence-corrected chi connectivity index (χ2v) is 3.52. The fourth-order valence-electron chi connectivity index (χ4n) is 1.43. The number of benzene rings is 1. The summed E-state index contributed by atoms with van der Waals surface area (Å²) in [6.07, 6.45) is 0. The summed E-state index contributed by atoms with van der Waals surface area (Å²) in [5.74, 6) is -0.590. The summed E-state index contributed by atoms with van der Waals surface area (Å²) in [6, 6.07) is 9.14. The average Bonchev–Trinajstić information content (AvgIpc) is 2.29. The number of nitro groups is 1. The standard InChI is InChI=1S/C11H14N2O4/c14-7-6-12(11(15)9-13(16)17)8-10-4-2-1-3-5-10/h1-5,14H,6-9H2.